The van der Waals surface area contributed by atoms with Crippen molar-refractivity contribution in [1.29, 1.82) is 0 Å². The smallest absolute Gasteiger partial charge is 0.0321 e. The van der Waals surface area contributed by atoms with Crippen LogP contribution in [0, 0.1) is 19.3 Å². The van der Waals surface area contributed by atoms with E-state index in [1.807, 2.05) is 11.8 Å². The van der Waals surface area contributed by atoms with Crippen molar-refractivity contribution in [3.05, 3.63) is 192 Å². The van der Waals surface area contributed by atoms with Gasteiger partial charge in [0.15, 0.2) is 0 Å². The topological polar surface area (TPSA) is 0 Å². The van der Waals surface area contributed by atoms with Crippen LogP contribution in [-0.2, 0) is 0 Å². The molecular formula is C47H40S. The Balaban J connectivity index is 1.41. The first kappa shape index (κ1) is 32.6. The van der Waals surface area contributed by atoms with Gasteiger partial charge in [0, 0.05) is 16.2 Å². The fourth-order valence-corrected chi connectivity index (χ4v) is 7.12. The normalized spacial score (nSPS) is 16.3. The Morgan fingerprint density at radius 2 is 1.58 bits per heavy atom. The van der Waals surface area contributed by atoms with Crippen LogP contribution in [-0.4, -0.2) is 5.75 Å². The van der Waals surface area contributed by atoms with Crippen molar-refractivity contribution < 1.29 is 0 Å². The second-order valence-corrected chi connectivity index (χ2v) is 13.2. The first-order valence-electron chi connectivity index (χ1n) is 16.5. The van der Waals surface area contributed by atoms with E-state index >= 15 is 0 Å². The van der Waals surface area contributed by atoms with Crippen LogP contribution in [0.4, 0.5) is 0 Å². The van der Waals surface area contributed by atoms with Crippen molar-refractivity contribution >= 4 is 28.5 Å². The van der Waals surface area contributed by atoms with E-state index in [1.165, 1.54) is 43.9 Å². The van der Waals surface area contributed by atoms with E-state index in [4.69, 9.17) is 6.42 Å². The van der Waals surface area contributed by atoms with Gasteiger partial charge in [-0.3, -0.25) is 0 Å². The predicted molar refractivity (Wildman–Crippen MR) is 212 cm³/mol. The van der Waals surface area contributed by atoms with Gasteiger partial charge in [0.2, 0.25) is 0 Å². The summed E-state index contributed by atoms with van der Waals surface area (Å²) in [4.78, 5) is 1.25. The second kappa shape index (κ2) is 15.5. The molecule has 4 aromatic rings. The summed E-state index contributed by atoms with van der Waals surface area (Å²) in [5.74, 6) is 3.95. The Hall–Kier alpha value is -5.29. The van der Waals surface area contributed by atoms with Gasteiger partial charge in [-0.1, -0.05) is 158 Å². The predicted octanol–water partition coefficient (Wildman–Crippen LogP) is 12.9. The summed E-state index contributed by atoms with van der Waals surface area (Å²) in [5.41, 5.74) is 14.9. The molecule has 48 heavy (non-hydrogen) atoms. The molecule has 0 spiro atoms. The number of aryl methyl sites for hydroxylation is 1. The fraction of sp³-hybridized carbons (Fsp3) is 0.106. The van der Waals surface area contributed by atoms with Crippen molar-refractivity contribution in [2.24, 2.45) is 0 Å². The Labute approximate surface area is 291 Å². The number of rotatable bonds is 7. The van der Waals surface area contributed by atoms with Crippen LogP contribution in [0.2, 0.25) is 0 Å². The van der Waals surface area contributed by atoms with Crippen molar-refractivity contribution in [1.82, 2.24) is 0 Å². The summed E-state index contributed by atoms with van der Waals surface area (Å²) in [6, 6.07) is 32.5. The highest BCUT2D eigenvalue weighted by molar-refractivity contribution is 7.99. The van der Waals surface area contributed by atoms with E-state index < -0.39 is 0 Å². The summed E-state index contributed by atoms with van der Waals surface area (Å²) in [5, 5.41) is 0. The number of fused-ring (bicyclic) bond motifs is 1. The summed E-state index contributed by atoms with van der Waals surface area (Å²) < 4.78 is 0. The van der Waals surface area contributed by atoms with Gasteiger partial charge >= 0.3 is 0 Å². The van der Waals surface area contributed by atoms with Gasteiger partial charge in [0.05, 0.1) is 0 Å². The first-order valence-corrected chi connectivity index (χ1v) is 17.5. The molecule has 1 heteroatoms. The largest absolute Gasteiger partial charge is 0.121 e. The Morgan fingerprint density at radius 3 is 2.40 bits per heavy atom. The zero-order valence-corrected chi connectivity index (χ0v) is 28.6. The second-order valence-electron chi connectivity index (χ2n) is 12.2. The summed E-state index contributed by atoms with van der Waals surface area (Å²) >= 11 is 1.85. The van der Waals surface area contributed by atoms with Crippen LogP contribution >= 0.6 is 11.8 Å². The summed E-state index contributed by atoms with van der Waals surface area (Å²) in [6.45, 7) is 8.67. The quantitative estimate of drug-likeness (QED) is 0.144. The molecule has 4 aromatic carbocycles. The van der Waals surface area contributed by atoms with Crippen LogP contribution in [0.3, 0.4) is 0 Å². The molecule has 0 saturated carbocycles. The minimum Gasteiger partial charge on any atom is -0.121 e. The molecule has 0 fully saturated rings. The van der Waals surface area contributed by atoms with Crippen molar-refractivity contribution in [2.45, 2.75) is 31.6 Å². The number of hydrogen-bond donors (Lipinski definition) is 0. The summed E-state index contributed by atoms with van der Waals surface area (Å²) in [6.07, 6.45) is 30.0. The van der Waals surface area contributed by atoms with Crippen LogP contribution in [0.15, 0.2) is 174 Å². The lowest BCUT2D eigenvalue weighted by molar-refractivity contribution is 1.24. The lowest BCUT2D eigenvalue weighted by Gasteiger charge is -2.16. The van der Waals surface area contributed by atoms with Gasteiger partial charge in [-0.05, 0) is 100 Å². The van der Waals surface area contributed by atoms with E-state index in [1.54, 1.807) is 0 Å². The van der Waals surface area contributed by atoms with Crippen LogP contribution in [0.25, 0.3) is 39.0 Å². The standard InChI is InChI=1S/C47H40S/c1-5-38(43-30-35(3)31-44(33-43)46-20-13-19-45-36(4)15-8-7-11-29-48-47(45)46)32-42(24-23-37-16-12-14-34(2)21-22-37)41-27-25-40(26-28-41)39-17-9-6-10-18-39/h1,6-11,13-22,24-28,30-33H,4,12,23,29H2,2-3H3/b11-7-,15-8-,38-32+,42-24+. The van der Waals surface area contributed by atoms with Crippen LogP contribution in [0.1, 0.15) is 42.0 Å². The van der Waals surface area contributed by atoms with Gasteiger partial charge in [0.25, 0.3) is 0 Å². The average Bonchev–Trinajstić information content (AvgIpc) is 3.27. The molecule has 0 N–H and O–H groups in total. The van der Waals surface area contributed by atoms with Gasteiger partial charge < -0.3 is 0 Å². The lowest BCUT2D eigenvalue weighted by Crippen LogP contribution is -1.93. The molecule has 1 aliphatic heterocycles. The Morgan fingerprint density at radius 1 is 0.792 bits per heavy atom. The molecule has 234 valence electrons. The summed E-state index contributed by atoms with van der Waals surface area (Å²) in [7, 11) is 0. The number of allylic oxidation sites excluding steroid dienone is 14. The first-order chi connectivity index (χ1) is 23.5. The molecule has 6 rings (SSSR count). The molecule has 0 amide bonds. The third-order valence-electron chi connectivity index (χ3n) is 8.65. The molecule has 0 unspecified atom stereocenters. The van der Waals surface area contributed by atoms with Crippen molar-refractivity contribution in [3.63, 3.8) is 0 Å². The van der Waals surface area contributed by atoms with E-state index in [2.05, 4.69) is 178 Å². The van der Waals surface area contributed by atoms with Crippen LogP contribution in [0.5, 0.6) is 0 Å². The molecule has 0 nitrogen and oxygen atoms in total. The van der Waals surface area contributed by atoms with E-state index in [0.29, 0.717) is 0 Å². The molecule has 0 aromatic heterocycles. The van der Waals surface area contributed by atoms with E-state index in [-0.39, 0.29) is 0 Å². The molecule has 0 radical (unpaired) electrons. The Bertz CT molecular complexity index is 2080. The highest BCUT2D eigenvalue weighted by Gasteiger charge is 2.15. The number of terminal acetylenes is 1. The van der Waals surface area contributed by atoms with E-state index in [0.717, 1.165) is 52.0 Å². The lowest BCUT2D eigenvalue weighted by atomic mass is 9.92. The molecule has 1 heterocycles. The maximum Gasteiger partial charge on any atom is 0.0321 e. The number of hydrogen-bond acceptors (Lipinski definition) is 1. The highest BCUT2D eigenvalue weighted by atomic mass is 32.2. The molecule has 1 aliphatic carbocycles. The monoisotopic (exact) mass is 636 g/mol. The highest BCUT2D eigenvalue weighted by Crippen LogP contribution is 2.39. The van der Waals surface area contributed by atoms with Gasteiger partial charge in [0.1, 0.15) is 0 Å². The van der Waals surface area contributed by atoms with Gasteiger partial charge in [-0.25, -0.2) is 0 Å². The zero-order chi connectivity index (χ0) is 33.3. The molecule has 0 saturated heterocycles. The molecule has 0 bridgehead atoms. The number of benzene rings is 4. The van der Waals surface area contributed by atoms with Gasteiger partial charge in [-0.2, -0.15) is 0 Å². The fourth-order valence-electron chi connectivity index (χ4n) is 6.05. The molecular weight excluding hydrogens is 597 g/mol. The maximum absolute atomic E-state index is 6.32. The minimum absolute atomic E-state index is 0.820. The van der Waals surface area contributed by atoms with Crippen LogP contribution < -0.4 is 0 Å². The molecule has 0 atom stereocenters. The maximum atomic E-state index is 6.32. The third-order valence-corrected chi connectivity index (χ3v) is 9.74. The van der Waals surface area contributed by atoms with Crippen molar-refractivity contribution in [3.8, 4) is 34.6 Å². The SMILES string of the molecule is C#C/C(=C\C(=C/CC1=CCC=C(C)C=C1)c1ccc(-c2ccccc2)cc1)c1cc(C)cc(-c2cccc3c2SC/C=C\C=C/C3=C)c1. The Kier molecular flexibility index (Phi) is 10.6. The minimum atomic E-state index is 0.820. The van der Waals surface area contributed by atoms with E-state index in [9.17, 15) is 0 Å². The number of thioether (sulfide) groups is 1. The third kappa shape index (κ3) is 7.98. The molecule has 2 aliphatic rings. The zero-order valence-electron chi connectivity index (χ0n) is 27.7. The van der Waals surface area contributed by atoms with Gasteiger partial charge in [-0.15, -0.1) is 18.2 Å². The van der Waals surface area contributed by atoms with Crippen molar-refractivity contribution in [2.75, 3.05) is 5.75 Å². The average molecular weight is 637 g/mol.